The summed E-state index contributed by atoms with van der Waals surface area (Å²) in [7, 11) is 2.02. The molecule has 5 heteroatoms. The molecule has 1 heterocycles. The number of hydrazone groups is 1. The summed E-state index contributed by atoms with van der Waals surface area (Å²) in [5.74, 6) is -0.287. The number of hydrogen-bond acceptors (Lipinski definition) is 4. The third kappa shape index (κ3) is 4.29. The lowest BCUT2D eigenvalue weighted by atomic mass is 10.2. The topological polar surface area (TPSA) is 57.6 Å². The number of anilines is 2. The van der Waals surface area contributed by atoms with E-state index in [2.05, 4.69) is 32.5 Å². The van der Waals surface area contributed by atoms with E-state index in [1.165, 1.54) is 6.20 Å². The number of benzene rings is 2. The largest absolute Gasteiger partial charge is 0.345 e. The Hall–Kier alpha value is -3.47. The molecule has 5 nitrogen and oxygen atoms in total. The second kappa shape index (κ2) is 7.88. The maximum atomic E-state index is 11.9. The second-order valence-corrected chi connectivity index (χ2v) is 5.43. The van der Waals surface area contributed by atoms with Crippen LogP contribution in [-0.4, -0.2) is 24.2 Å². The van der Waals surface area contributed by atoms with Gasteiger partial charge >= 0.3 is 0 Å². The molecule has 0 aliphatic heterocycles. The van der Waals surface area contributed by atoms with Crippen molar-refractivity contribution < 1.29 is 4.79 Å². The van der Waals surface area contributed by atoms with E-state index in [0.717, 1.165) is 16.9 Å². The fraction of sp³-hybridized carbons (Fsp3) is 0.0500. The van der Waals surface area contributed by atoms with Crippen LogP contribution >= 0.6 is 0 Å². The average molecular weight is 330 g/mol. The van der Waals surface area contributed by atoms with Crippen molar-refractivity contribution in [3.8, 4) is 0 Å². The van der Waals surface area contributed by atoms with E-state index in [4.69, 9.17) is 0 Å². The summed E-state index contributed by atoms with van der Waals surface area (Å²) in [6.07, 6.45) is 4.73. The summed E-state index contributed by atoms with van der Waals surface area (Å²) < 4.78 is 0. The molecule has 3 aromatic rings. The van der Waals surface area contributed by atoms with Crippen LogP contribution < -0.4 is 10.3 Å². The monoisotopic (exact) mass is 330 g/mol. The molecule has 1 N–H and O–H groups in total. The molecular weight excluding hydrogens is 312 g/mol. The zero-order valence-corrected chi connectivity index (χ0v) is 13.8. The Labute approximate surface area is 146 Å². The van der Waals surface area contributed by atoms with Crippen molar-refractivity contribution in [1.82, 2.24) is 10.4 Å². The van der Waals surface area contributed by atoms with Gasteiger partial charge in [0.2, 0.25) is 0 Å². The lowest BCUT2D eigenvalue weighted by Gasteiger charge is -2.19. The molecule has 0 unspecified atom stereocenters. The number of aromatic nitrogens is 1. The van der Waals surface area contributed by atoms with Gasteiger partial charge in [0.1, 0.15) is 0 Å². The van der Waals surface area contributed by atoms with Crippen molar-refractivity contribution in [3.63, 3.8) is 0 Å². The molecule has 0 aliphatic carbocycles. The first-order valence-corrected chi connectivity index (χ1v) is 7.86. The second-order valence-electron chi connectivity index (χ2n) is 5.43. The van der Waals surface area contributed by atoms with Crippen LogP contribution in [0.4, 0.5) is 11.4 Å². The Morgan fingerprint density at radius 2 is 1.72 bits per heavy atom. The van der Waals surface area contributed by atoms with E-state index in [-0.39, 0.29) is 5.91 Å². The van der Waals surface area contributed by atoms with Gasteiger partial charge in [-0.2, -0.15) is 5.10 Å². The van der Waals surface area contributed by atoms with Crippen LogP contribution in [0.2, 0.25) is 0 Å². The van der Waals surface area contributed by atoms with Crippen molar-refractivity contribution >= 4 is 23.5 Å². The van der Waals surface area contributed by atoms with Crippen LogP contribution in [0.25, 0.3) is 0 Å². The van der Waals surface area contributed by atoms with E-state index in [1.54, 1.807) is 24.5 Å². The highest BCUT2D eigenvalue weighted by Crippen LogP contribution is 2.22. The summed E-state index contributed by atoms with van der Waals surface area (Å²) in [5, 5.41) is 3.98. The number of carbonyl (C=O) groups is 1. The van der Waals surface area contributed by atoms with Crippen molar-refractivity contribution in [3.05, 3.63) is 90.3 Å². The molecule has 0 radical (unpaired) electrons. The van der Waals surface area contributed by atoms with Gasteiger partial charge < -0.3 is 4.90 Å². The first-order chi connectivity index (χ1) is 12.2. The molecule has 0 saturated heterocycles. The molecule has 0 fully saturated rings. The number of rotatable bonds is 5. The molecule has 0 aliphatic rings. The predicted octanol–water partition coefficient (Wildman–Crippen LogP) is 3.61. The standard InChI is InChI=1S/C20H18N4O/c1-24(18-7-3-2-4-8-18)19-11-9-16(10-12-19)14-22-23-20(25)17-6-5-13-21-15-17/h2-15H,1H3,(H,23,25)/b22-14+. The highest BCUT2D eigenvalue weighted by Gasteiger charge is 2.04. The van der Waals surface area contributed by atoms with Crippen LogP contribution in [0, 0.1) is 0 Å². The summed E-state index contributed by atoms with van der Waals surface area (Å²) in [4.78, 5) is 17.9. The molecular formula is C20H18N4O. The lowest BCUT2D eigenvalue weighted by Crippen LogP contribution is -2.17. The predicted molar refractivity (Wildman–Crippen MR) is 100 cm³/mol. The molecule has 0 saturated carbocycles. The van der Waals surface area contributed by atoms with Crippen LogP contribution in [-0.2, 0) is 0 Å². The van der Waals surface area contributed by atoms with E-state index in [9.17, 15) is 4.79 Å². The van der Waals surface area contributed by atoms with E-state index in [0.29, 0.717) is 5.56 Å². The third-order valence-electron chi connectivity index (χ3n) is 3.73. The number of nitrogens with zero attached hydrogens (tertiary/aromatic N) is 3. The Bertz CT molecular complexity index is 846. The molecule has 0 spiro atoms. The molecule has 3 rings (SSSR count). The maximum absolute atomic E-state index is 11.9. The van der Waals surface area contributed by atoms with Crippen molar-refractivity contribution in [2.45, 2.75) is 0 Å². The molecule has 1 aromatic heterocycles. The third-order valence-corrected chi connectivity index (χ3v) is 3.73. The van der Waals surface area contributed by atoms with Gasteiger partial charge in [0.25, 0.3) is 5.91 Å². The fourth-order valence-electron chi connectivity index (χ4n) is 2.31. The first-order valence-electron chi connectivity index (χ1n) is 7.86. The first kappa shape index (κ1) is 16.4. The van der Waals surface area contributed by atoms with Crippen LogP contribution in [0.15, 0.2) is 84.2 Å². The van der Waals surface area contributed by atoms with Gasteiger partial charge in [-0.05, 0) is 42.0 Å². The molecule has 0 bridgehead atoms. The number of hydrogen-bond donors (Lipinski definition) is 1. The Morgan fingerprint density at radius 1 is 1.00 bits per heavy atom. The van der Waals surface area contributed by atoms with E-state index in [1.807, 2.05) is 49.5 Å². The zero-order valence-electron chi connectivity index (χ0n) is 13.8. The van der Waals surface area contributed by atoms with Crippen LogP contribution in [0.5, 0.6) is 0 Å². The summed E-state index contributed by atoms with van der Waals surface area (Å²) in [6.45, 7) is 0. The zero-order chi connectivity index (χ0) is 17.5. The molecule has 124 valence electrons. The van der Waals surface area contributed by atoms with Crippen LogP contribution in [0.3, 0.4) is 0 Å². The van der Waals surface area contributed by atoms with E-state index >= 15 is 0 Å². The Kier molecular flexibility index (Phi) is 5.16. The number of pyridine rings is 1. The molecule has 1 amide bonds. The molecule has 0 atom stereocenters. The Morgan fingerprint density at radius 3 is 2.40 bits per heavy atom. The van der Waals surface area contributed by atoms with Crippen molar-refractivity contribution in [2.24, 2.45) is 5.10 Å². The molecule has 2 aromatic carbocycles. The average Bonchev–Trinajstić information content (AvgIpc) is 2.69. The van der Waals surface area contributed by atoms with Crippen molar-refractivity contribution in [1.29, 1.82) is 0 Å². The normalized spacial score (nSPS) is 10.6. The summed E-state index contributed by atoms with van der Waals surface area (Å²) in [5.41, 5.74) is 6.05. The van der Waals surface area contributed by atoms with Crippen LogP contribution in [0.1, 0.15) is 15.9 Å². The minimum atomic E-state index is -0.287. The number of para-hydroxylation sites is 1. The minimum Gasteiger partial charge on any atom is -0.345 e. The van der Waals surface area contributed by atoms with Crippen molar-refractivity contribution in [2.75, 3.05) is 11.9 Å². The SMILES string of the molecule is CN(c1ccccc1)c1ccc(/C=N/NC(=O)c2cccnc2)cc1. The Balaban J connectivity index is 1.62. The quantitative estimate of drug-likeness (QED) is 0.574. The van der Waals surface area contributed by atoms with Gasteiger partial charge in [0.05, 0.1) is 11.8 Å². The van der Waals surface area contributed by atoms with Gasteiger partial charge in [-0.25, -0.2) is 5.43 Å². The van der Waals surface area contributed by atoms with Gasteiger partial charge in [-0.3, -0.25) is 9.78 Å². The summed E-state index contributed by atoms with van der Waals surface area (Å²) >= 11 is 0. The highest BCUT2D eigenvalue weighted by molar-refractivity contribution is 5.94. The fourth-order valence-corrected chi connectivity index (χ4v) is 2.31. The minimum absolute atomic E-state index is 0.287. The highest BCUT2D eigenvalue weighted by atomic mass is 16.2. The number of amides is 1. The number of nitrogens with one attached hydrogen (secondary N) is 1. The summed E-state index contributed by atoms with van der Waals surface area (Å²) in [6, 6.07) is 21.5. The maximum Gasteiger partial charge on any atom is 0.272 e. The van der Waals surface area contributed by atoms with Gasteiger partial charge in [-0.15, -0.1) is 0 Å². The van der Waals surface area contributed by atoms with Gasteiger partial charge in [0.15, 0.2) is 0 Å². The van der Waals surface area contributed by atoms with Gasteiger partial charge in [-0.1, -0.05) is 30.3 Å². The molecule has 25 heavy (non-hydrogen) atoms. The van der Waals surface area contributed by atoms with E-state index < -0.39 is 0 Å². The van der Waals surface area contributed by atoms with Gasteiger partial charge in [0, 0.05) is 30.8 Å². The number of carbonyl (C=O) groups excluding carboxylic acids is 1. The smallest absolute Gasteiger partial charge is 0.272 e. The lowest BCUT2D eigenvalue weighted by molar-refractivity contribution is 0.0955.